The van der Waals surface area contributed by atoms with Gasteiger partial charge in [0.2, 0.25) is 0 Å². The van der Waals surface area contributed by atoms with Crippen molar-refractivity contribution in [1.29, 1.82) is 0 Å². The molecule has 0 aliphatic carbocycles. The van der Waals surface area contributed by atoms with Crippen LogP contribution in [0.5, 0.6) is 0 Å². The minimum atomic E-state index is -1.15. The molecule has 1 aromatic carbocycles. The van der Waals surface area contributed by atoms with E-state index in [1.807, 2.05) is 49.4 Å². The highest BCUT2D eigenvalue weighted by Gasteiger charge is 2.50. The number of rotatable bonds is 1. The Balaban J connectivity index is 1.66. The van der Waals surface area contributed by atoms with Crippen molar-refractivity contribution in [2.24, 2.45) is 4.99 Å². The maximum absolute atomic E-state index is 12.8. The number of nitrogens with zero attached hydrogens (tertiary/aromatic N) is 3. The van der Waals surface area contributed by atoms with Gasteiger partial charge in [0, 0.05) is 40.5 Å². The van der Waals surface area contributed by atoms with Crippen molar-refractivity contribution < 1.29 is 9.59 Å². The molecule has 0 bridgehead atoms. The standard InChI is InChI=1S/C20H15N5O2/c1-11-13(9-12-5-4-8-21-17(12)22-11)16-10-20(25-19(27)24-16)14-6-2-3-7-15(14)23-18(20)26/h2-9H,10H2,1H3,(H,23,26)(H,25,27). The molecule has 5 rings (SSSR count). The van der Waals surface area contributed by atoms with Gasteiger partial charge >= 0.3 is 6.03 Å². The number of para-hydroxylation sites is 1. The number of carbonyl (C=O) groups excluding carboxylic acids is 2. The molecule has 2 aliphatic heterocycles. The van der Waals surface area contributed by atoms with E-state index < -0.39 is 11.6 Å². The summed E-state index contributed by atoms with van der Waals surface area (Å²) < 4.78 is 0. The number of hydrogen-bond donors (Lipinski definition) is 2. The summed E-state index contributed by atoms with van der Waals surface area (Å²) in [4.78, 5) is 38.2. The Kier molecular flexibility index (Phi) is 3.15. The predicted molar refractivity (Wildman–Crippen MR) is 101 cm³/mol. The van der Waals surface area contributed by atoms with Gasteiger partial charge < -0.3 is 10.6 Å². The monoisotopic (exact) mass is 357 g/mol. The largest absolute Gasteiger partial charge is 0.342 e. The van der Waals surface area contributed by atoms with Crippen molar-refractivity contribution in [3.05, 3.63) is 65.5 Å². The number of carbonyl (C=O) groups is 2. The zero-order valence-corrected chi connectivity index (χ0v) is 14.5. The molecule has 27 heavy (non-hydrogen) atoms. The number of aliphatic imine (C=N–C) groups is 1. The fourth-order valence-electron chi connectivity index (χ4n) is 3.83. The van der Waals surface area contributed by atoms with Crippen LogP contribution in [0.25, 0.3) is 11.0 Å². The maximum atomic E-state index is 12.8. The van der Waals surface area contributed by atoms with Crippen molar-refractivity contribution in [2.75, 3.05) is 5.32 Å². The van der Waals surface area contributed by atoms with Crippen LogP contribution in [0.4, 0.5) is 10.5 Å². The Hall–Kier alpha value is -3.61. The van der Waals surface area contributed by atoms with Crippen LogP contribution in [0, 0.1) is 6.92 Å². The third kappa shape index (κ3) is 2.25. The number of aryl methyl sites for hydroxylation is 1. The number of aromatic nitrogens is 2. The lowest BCUT2D eigenvalue weighted by molar-refractivity contribution is -0.121. The molecule has 1 spiro atoms. The maximum Gasteiger partial charge on any atom is 0.342 e. The van der Waals surface area contributed by atoms with Crippen LogP contribution < -0.4 is 10.6 Å². The van der Waals surface area contributed by atoms with E-state index >= 15 is 0 Å². The second-order valence-corrected chi connectivity index (χ2v) is 6.74. The summed E-state index contributed by atoms with van der Waals surface area (Å²) >= 11 is 0. The molecular weight excluding hydrogens is 342 g/mol. The minimum Gasteiger partial charge on any atom is -0.323 e. The lowest BCUT2D eigenvalue weighted by Crippen LogP contribution is -2.54. The lowest BCUT2D eigenvalue weighted by atomic mass is 9.83. The molecule has 0 fully saturated rings. The number of benzene rings is 1. The number of nitrogens with one attached hydrogen (secondary N) is 2. The Labute approximate surface area is 154 Å². The van der Waals surface area contributed by atoms with Gasteiger partial charge in [0.05, 0.1) is 5.71 Å². The summed E-state index contributed by atoms with van der Waals surface area (Å²) in [7, 11) is 0. The number of hydrogen-bond acceptors (Lipinski definition) is 4. The molecule has 1 unspecified atom stereocenters. The highest BCUT2D eigenvalue weighted by Crippen LogP contribution is 2.40. The first-order valence-electron chi connectivity index (χ1n) is 8.60. The van der Waals surface area contributed by atoms with Gasteiger partial charge in [-0.05, 0) is 31.2 Å². The fourth-order valence-corrected chi connectivity index (χ4v) is 3.83. The summed E-state index contributed by atoms with van der Waals surface area (Å²) in [6.45, 7) is 1.85. The molecule has 7 heteroatoms. The summed E-state index contributed by atoms with van der Waals surface area (Å²) in [5, 5.41) is 6.50. The number of fused-ring (bicyclic) bond motifs is 3. The van der Waals surface area contributed by atoms with E-state index in [1.165, 1.54) is 0 Å². The highest BCUT2D eigenvalue weighted by atomic mass is 16.2. The Morgan fingerprint density at radius 3 is 2.85 bits per heavy atom. The summed E-state index contributed by atoms with van der Waals surface area (Å²) in [6, 6.07) is 12.5. The normalized spacial score (nSPS) is 21.0. The van der Waals surface area contributed by atoms with Gasteiger partial charge in [0.25, 0.3) is 5.91 Å². The van der Waals surface area contributed by atoms with Gasteiger partial charge in [-0.3, -0.25) is 4.79 Å². The first-order chi connectivity index (χ1) is 13.1. The van der Waals surface area contributed by atoms with Gasteiger partial charge in [-0.15, -0.1) is 0 Å². The molecule has 4 heterocycles. The van der Waals surface area contributed by atoms with Crippen LogP contribution in [-0.2, 0) is 10.3 Å². The van der Waals surface area contributed by atoms with E-state index in [-0.39, 0.29) is 12.3 Å². The fraction of sp³-hybridized carbons (Fsp3) is 0.150. The van der Waals surface area contributed by atoms with Gasteiger partial charge in [-0.1, -0.05) is 18.2 Å². The number of pyridine rings is 2. The molecule has 0 saturated carbocycles. The number of amides is 3. The summed E-state index contributed by atoms with van der Waals surface area (Å²) in [6.07, 6.45) is 1.95. The minimum absolute atomic E-state index is 0.252. The van der Waals surface area contributed by atoms with E-state index in [0.29, 0.717) is 17.0 Å². The first kappa shape index (κ1) is 15.6. The molecule has 2 N–H and O–H groups in total. The van der Waals surface area contributed by atoms with Crippen LogP contribution in [0.1, 0.15) is 23.2 Å². The predicted octanol–water partition coefficient (Wildman–Crippen LogP) is 2.69. The molecule has 2 aliphatic rings. The van der Waals surface area contributed by atoms with Crippen molar-refractivity contribution >= 4 is 34.4 Å². The summed E-state index contributed by atoms with van der Waals surface area (Å²) in [5.74, 6) is -0.252. The van der Waals surface area contributed by atoms with Gasteiger partial charge in [-0.25, -0.2) is 14.8 Å². The zero-order valence-electron chi connectivity index (χ0n) is 14.5. The van der Waals surface area contributed by atoms with Crippen molar-refractivity contribution in [3.8, 4) is 0 Å². The SMILES string of the molecule is Cc1nc2ncccc2cc1C1=NC(=O)NC2(C1)C(=O)Nc1ccccc12. The number of anilines is 1. The van der Waals surface area contributed by atoms with Crippen molar-refractivity contribution in [1.82, 2.24) is 15.3 Å². The quantitative estimate of drug-likeness (QED) is 0.700. The molecule has 0 saturated heterocycles. The molecule has 1 atom stereocenters. The average Bonchev–Trinajstić information content (AvgIpc) is 2.92. The molecular formula is C20H15N5O2. The summed E-state index contributed by atoms with van der Waals surface area (Å²) in [5.41, 5.74) is 2.96. The molecule has 0 radical (unpaired) electrons. The van der Waals surface area contributed by atoms with Gasteiger partial charge in [0.15, 0.2) is 11.2 Å². The zero-order chi connectivity index (χ0) is 18.6. The second kappa shape index (κ2) is 5.44. The van der Waals surface area contributed by atoms with Crippen molar-refractivity contribution in [2.45, 2.75) is 18.9 Å². The molecule has 3 aromatic rings. The Bertz CT molecular complexity index is 1170. The second-order valence-electron chi connectivity index (χ2n) is 6.74. The van der Waals surface area contributed by atoms with Crippen LogP contribution in [0.3, 0.4) is 0 Å². The van der Waals surface area contributed by atoms with E-state index in [9.17, 15) is 9.59 Å². The van der Waals surface area contributed by atoms with E-state index in [4.69, 9.17) is 0 Å². The Morgan fingerprint density at radius 2 is 1.96 bits per heavy atom. The first-order valence-corrected chi connectivity index (χ1v) is 8.60. The topological polar surface area (TPSA) is 96.3 Å². The van der Waals surface area contributed by atoms with Crippen LogP contribution >= 0.6 is 0 Å². The highest BCUT2D eigenvalue weighted by molar-refractivity contribution is 6.17. The third-order valence-corrected chi connectivity index (χ3v) is 5.10. The molecule has 132 valence electrons. The van der Waals surface area contributed by atoms with Crippen LogP contribution in [-0.4, -0.2) is 27.6 Å². The molecule has 7 nitrogen and oxygen atoms in total. The Morgan fingerprint density at radius 1 is 1.11 bits per heavy atom. The van der Waals surface area contributed by atoms with Crippen molar-refractivity contribution in [3.63, 3.8) is 0 Å². The number of urea groups is 1. The molecule has 3 amide bonds. The third-order valence-electron chi connectivity index (χ3n) is 5.10. The van der Waals surface area contributed by atoms with Crippen LogP contribution in [0.15, 0.2) is 53.7 Å². The van der Waals surface area contributed by atoms with Gasteiger partial charge in [-0.2, -0.15) is 4.99 Å². The van der Waals surface area contributed by atoms with Gasteiger partial charge in [0.1, 0.15) is 0 Å². The van der Waals surface area contributed by atoms with E-state index in [0.717, 1.165) is 22.2 Å². The van der Waals surface area contributed by atoms with E-state index in [1.54, 1.807) is 6.20 Å². The molecule has 2 aromatic heterocycles. The lowest BCUT2D eigenvalue weighted by Gasteiger charge is -2.32. The van der Waals surface area contributed by atoms with Crippen LogP contribution in [0.2, 0.25) is 0 Å². The van der Waals surface area contributed by atoms with E-state index in [2.05, 4.69) is 25.6 Å². The average molecular weight is 357 g/mol. The smallest absolute Gasteiger partial charge is 0.323 e.